The zero-order valence-electron chi connectivity index (χ0n) is 9.64. The van der Waals surface area contributed by atoms with Gasteiger partial charge in [0.25, 0.3) is 0 Å². The van der Waals surface area contributed by atoms with Crippen LogP contribution in [0.15, 0.2) is 0 Å². The number of hydrogen-bond donors (Lipinski definition) is 0. The lowest BCUT2D eigenvalue weighted by atomic mass is 10.0. The average Bonchev–Trinajstić information content (AvgIpc) is 2.16. The summed E-state index contributed by atoms with van der Waals surface area (Å²) in [5.41, 5.74) is 0. The van der Waals surface area contributed by atoms with Gasteiger partial charge in [-0.05, 0) is 12.8 Å². The van der Waals surface area contributed by atoms with Gasteiger partial charge < -0.3 is 4.74 Å². The first-order chi connectivity index (χ1) is 6.35. The van der Waals surface area contributed by atoms with Crippen LogP contribution in [-0.4, -0.2) is 13.2 Å². The van der Waals surface area contributed by atoms with Crippen LogP contribution in [0.2, 0.25) is 0 Å². The van der Waals surface area contributed by atoms with Crippen LogP contribution in [0.5, 0.6) is 0 Å². The molecule has 0 aliphatic heterocycles. The second-order valence-corrected chi connectivity index (χ2v) is 3.85. The first-order valence-electron chi connectivity index (χ1n) is 5.87. The summed E-state index contributed by atoms with van der Waals surface area (Å²) in [5, 5.41) is 0. The molecule has 13 heavy (non-hydrogen) atoms. The summed E-state index contributed by atoms with van der Waals surface area (Å²) in [5.74, 6) is 0. The number of hydrogen-bond acceptors (Lipinski definition) is 1. The highest BCUT2D eigenvalue weighted by Crippen LogP contribution is 2.13. The van der Waals surface area contributed by atoms with E-state index in [2.05, 4.69) is 13.8 Å². The van der Waals surface area contributed by atoms with E-state index in [0.29, 0.717) is 6.10 Å². The normalized spacial score (nSPS) is 11.1. The van der Waals surface area contributed by atoms with Crippen molar-refractivity contribution < 1.29 is 4.74 Å². The van der Waals surface area contributed by atoms with E-state index < -0.39 is 0 Å². The van der Waals surface area contributed by atoms with Crippen molar-refractivity contribution in [1.29, 1.82) is 0 Å². The molecule has 0 bridgehead atoms. The third kappa shape index (κ3) is 8.29. The maximum Gasteiger partial charge on any atom is 0.0571 e. The molecule has 0 radical (unpaired) electrons. The standard InChI is InChI=1S/C12H26O/c1-4-6-8-10-12(13-3)11-9-7-5-2/h12H,4-11H2,1-3H3. The van der Waals surface area contributed by atoms with Crippen molar-refractivity contribution in [2.45, 2.75) is 71.3 Å². The van der Waals surface area contributed by atoms with E-state index in [4.69, 9.17) is 4.74 Å². The van der Waals surface area contributed by atoms with Crippen LogP contribution in [0, 0.1) is 0 Å². The van der Waals surface area contributed by atoms with E-state index in [1.54, 1.807) is 0 Å². The summed E-state index contributed by atoms with van der Waals surface area (Å²) in [6.45, 7) is 4.50. The van der Waals surface area contributed by atoms with Gasteiger partial charge >= 0.3 is 0 Å². The van der Waals surface area contributed by atoms with Crippen molar-refractivity contribution in [3.63, 3.8) is 0 Å². The Morgan fingerprint density at radius 3 is 1.62 bits per heavy atom. The molecule has 0 saturated carbocycles. The van der Waals surface area contributed by atoms with Crippen molar-refractivity contribution in [3.8, 4) is 0 Å². The Morgan fingerprint density at radius 1 is 0.846 bits per heavy atom. The van der Waals surface area contributed by atoms with Gasteiger partial charge in [0.1, 0.15) is 0 Å². The Balaban J connectivity index is 3.28. The minimum atomic E-state index is 0.526. The molecule has 1 nitrogen and oxygen atoms in total. The first kappa shape index (κ1) is 13.0. The molecule has 1 heteroatoms. The summed E-state index contributed by atoms with van der Waals surface area (Å²) >= 11 is 0. The molecule has 0 spiro atoms. The lowest BCUT2D eigenvalue weighted by Gasteiger charge is -2.14. The predicted molar refractivity (Wildman–Crippen MR) is 59.1 cm³/mol. The highest BCUT2D eigenvalue weighted by molar-refractivity contribution is 4.58. The van der Waals surface area contributed by atoms with Crippen LogP contribution >= 0.6 is 0 Å². The van der Waals surface area contributed by atoms with Crippen LogP contribution in [0.1, 0.15) is 65.2 Å². The summed E-state index contributed by atoms with van der Waals surface area (Å²) in [6, 6.07) is 0. The number of ether oxygens (including phenoxy) is 1. The van der Waals surface area contributed by atoms with Crippen LogP contribution in [0.25, 0.3) is 0 Å². The molecule has 0 fully saturated rings. The Hall–Kier alpha value is -0.0400. The van der Waals surface area contributed by atoms with Crippen LogP contribution in [0.4, 0.5) is 0 Å². The zero-order chi connectivity index (χ0) is 9.94. The lowest BCUT2D eigenvalue weighted by molar-refractivity contribution is 0.0834. The molecule has 0 aromatic heterocycles. The zero-order valence-corrected chi connectivity index (χ0v) is 9.64. The number of unbranched alkanes of at least 4 members (excludes halogenated alkanes) is 4. The largest absolute Gasteiger partial charge is 0.381 e. The molecule has 0 N–H and O–H groups in total. The van der Waals surface area contributed by atoms with Crippen LogP contribution in [-0.2, 0) is 4.74 Å². The quantitative estimate of drug-likeness (QED) is 0.491. The first-order valence-corrected chi connectivity index (χ1v) is 5.87. The van der Waals surface area contributed by atoms with Crippen LogP contribution < -0.4 is 0 Å². The molecule has 0 aromatic rings. The van der Waals surface area contributed by atoms with E-state index in [1.165, 1.54) is 51.4 Å². The minimum absolute atomic E-state index is 0.526. The molecular formula is C12H26O. The van der Waals surface area contributed by atoms with Crippen molar-refractivity contribution in [2.24, 2.45) is 0 Å². The Morgan fingerprint density at radius 2 is 1.31 bits per heavy atom. The van der Waals surface area contributed by atoms with E-state index >= 15 is 0 Å². The van der Waals surface area contributed by atoms with E-state index in [0.717, 1.165) is 0 Å². The van der Waals surface area contributed by atoms with Gasteiger partial charge in [-0.1, -0.05) is 52.4 Å². The molecule has 0 atom stereocenters. The Labute approximate surface area is 83.9 Å². The summed E-state index contributed by atoms with van der Waals surface area (Å²) in [4.78, 5) is 0. The van der Waals surface area contributed by atoms with Crippen molar-refractivity contribution in [1.82, 2.24) is 0 Å². The van der Waals surface area contributed by atoms with Crippen molar-refractivity contribution in [2.75, 3.05) is 7.11 Å². The van der Waals surface area contributed by atoms with Gasteiger partial charge in [-0.15, -0.1) is 0 Å². The SMILES string of the molecule is CCCCCC(CCCCC)OC. The van der Waals surface area contributed by atoms with Gasteiger partial charge in [-0.25, -0.2) is 0 Å². The molecule has 0 saturated heterocycles. The Kier molecular flexibility index (Phi) is 10.0. The molecule has 0 aromatic carbocycles. The van der Waals surface area contributed by atoms with Gasteiger partial charge in [-0.2, -0.15) is 0 Å². The second kappa shape index (κ2) is 10.0. The molecule has 0 aliphatic carbocycles. The topological polar surface area (TPSA) is 9.23 Å². The molecule has 0 aliphatic rings. The molecule has 0 rings (SSSR count). The fraction of sp³-hybridized carbons (Fsp3) is 1.00. The Bertz CT molecular complexity index is 81.1. The van der Waals surface area contributed by atoms with Gasteiger partial charge in [0, 0.05) is 7.11 Å². The molecule has 0 amide bonds. The highest BCUT2D eigenvalue weighted by atomic mass is 16.5. The summed E-state index contributed by atoms with van der Waals surface area (Å²) in [7, 11) is 1.85. The molecular weight excluding hydrogens is 160 g/mol. The van der Waals surface area contributed by atoms with Gasteiger partial charge in [0.2, 0.25) is 0 Å². The third-order valence-electron chi connectivity index (χ3n) is 2.59. The minimum Gasteiger partial charge on any atom is -0.381 e. The smallest absolute Gasteiger partial charge is 0.0571 e. The average molecular weight is 186 g/mol. The maximum atomic E-state index is 5.44. The fourth-order valence-electron chi connectivity index (χ4n) is 1.62. The number of methoxy groups -OCH3 is 1. The summed E-state index contributed by atoms with van der Waals surface area (Å²) < 4.78 is 5.44. The van der Waals surface area contributed by atoms with Crippen molar-refractivity contribution >= 4 is 0 Å². The monoisotopic (exact) mass is 186 g/mol. The fourth-order valence-corrected chi connectivity index (χ4v) is 1.62. The van der Waals surface area contributed by atoms with Gasteiger partial charge in [0.05, 0.1) is 6.10 Å². The lowest BCUT2D eigenvalue weighted by Crippen LogP contribution is -2.10. The van der Waals surface area contributed by atoms with Crippen LogP contribution in [0.3, 0.4) is 0 Å². The van der Waals surface area contributed by atoms with Gasteiger partial charge in [0.15, 0.2) is 0 Å². The molecule has 0 unspecified atom stereocenters. The van der Waals surface area contributed by atoms with Gasteiger partial charge in [-0.3, -0.25) is 0 Å². The summed E-state index contributed by atoms with van der Waals surface area (Å²) in [6.07, 6.45) is 11.0. The van der Waals surface area contributed by atoms with E-state index in [9.17, 15) is 0 Å². The highest BCUT2D eigenvalue weighted by Gasteiger charge is 2.05. The number of rotatable bonds is 9. The molecule has 80 valence electrons. The predicted octanol–water partition coefficient (Wildman–Crippen LogP) is 4.16. The van der Waals surface area contributed by atoms with E-state index in [-0.39, 0.29) is 0 Å². The van der Waals surface area contributed by atoms with Crippen molar-refractivity contribution in [3.05, 3.63) is 0 Å². The maximum absolute atomic E-state index is 5.44. The third-order valence-corrected chi connectivity index (χ3v) is 2.59. The molecule has 0 heterocycles. The van der Waals surface area contributed by atoms with E-state index in [1.807, 2.05) is 7.11 Å². The second-order valence-electron chi connectivity index (χ2n) is 3.85.